The highest BCUT2D eigenvalue weighted by Gasteiger charge is 2.08. The first-order valence-electron chi connectivity index (χ1n) is 4.93. The summed E-state index contributed by atoms with van der Waals surface area (Å²) >= 11 is 0. The second kappa shape index (κ2) is 4.22. The molecule has 0 atom stereocenters. The van der Waals surface area contributed by atoms with E-state index in [-0.39, 0.29) is 5.75 Å². The van der Waals surface area contributed by atoms with Gasteiger partial charge in [-0.1, -0.05) is 12.1 Å². The molecule has 0 saturated carbocycles. The van der Waals surface area contributed by atoms with Gasteiger partial charge in [0.1, 0.15) is 5.75 Å². The summed E-state index contributed by atoms with van der Waals surface area (Å²) in [6, 6.07) is 7.00. The molecule has 0 unspecified atom stereocenters. The standard InChI is InChI=1S/C11H13N3O2/c1-14(2)11-12-10(16-13-11)7-8-4-3-5-9(15)6-8/h3-6,15H,7H2,1-2H3. The van der Waals surface area contributed by atoms with Crippen LogP contribution in [-0.4, -0.2) is 29.3 Å². The van der Waals surface area contributed by atoms with E-state index in [2.05, 4.69) is 10.1 Å². The predicted molar refractivity (Wildman–Crippen MR) is 59.5 cm³/mol. The van der Waals surface area contributed by atoms with Crippen molar-refractivity contribution in [2.45, 2.75) is 6.42 Å². The highest BCUT2D eigenvalue weighted by molar-refractivity contribution is 5.30. The van der Waals surface area contributed by atoms with E-state index in [1.165, 1.54) is 0 Å². The zero-order valence-electron chi connectivity index (χ0n) is 9.21. The van der Waals surface area contributed by atoms with Crippen LogP contribution < -0.4 is 4.90 Å². The molecule has 5 nitrogen and oxygen atoms in total. The van der Waals surface area contributed by atoms with Gasteiger partial charge >= 0.3 is 0 Å². The summed E-state index contributed by atoms with van der Waals surface area (Å²) in [5, 5.41) is 13.1. The van der Waals surface area contributed by atoms with Gasteiger partial charge in [-0.25, -0.2) is 0 Å². The van der Waals surface area contributed by atoms with Crippen LogP contribution in [0.1, 0.15) is 11.5 Å². The maximum absolute atomic E-state index is 9.31. The fraction of sp³-hybridized carbons (Fsp3) is 0.273. The van der Waals surface area contributed by atoms with E-state index in [4.69, 9.17) is 4.52 Å². The Kier molecular flexibility index (Phi) is 2.76. The van der Waals surface area contributed by atoms with E-state index >= 15 is 0 Å². The van der Waals surface area contributed by atoms with Crippen molar-refractivity contribution in [3.8, 4) is 5.75 Å². The molecule has 16 heavy (non-hydrogen) atoms. The molecule has 0 aliphatic heterocycles. The van der Waals surface area contributed by atoms with Crippen LogP contribution >= 0.6 is 0 Å². The number of phenols is 1. The van der Waals surface area contributed by atoms with Crippen molar-refractivity contribution in [1.29, 1.82) is 0 Å². The number of hydrogen-bond acceptors (Lipinski definition) is 5. The van der Waals surface area contributed by atoms with Crippen molar-refractivity contribution in [2.75, 3.05) is 19.0 Å². The van der Waals surface area contributed by atoms with Crippen LogP contribution in [0.15, 0.2) is 28.8 Å². The number of aromatic hydroxyl groups is 1. The summed E-state index contributed by atoms with van der Waals surface area (Å²) in [6.45, 7) is 0. The zero-order valence-corrected chi connectivity index (χ0v) is 9.21. The normalized spacial score (nSPS) is 10.4. The highest BCUT2D eigenvalue weighted by atomic mass is 16.5. The lowest BCUT2D eigenvalue weighted by Crippen LogP contribution is -2.10. The average Bonchev–Trinajstić information content (AvgIpc) is 2.66. The second-order valence-electron chi connectivity index (χ2n) is 3.73. The van der Waals surface area contributed by atoms with E-state index in [0.717, 1.165) is 5.56 Å². The summed E-state index contributed by atoms with van der Waals surface area (Å²) in [6.07, 6.45) is 0.523. The Balaban J connectivity index is 2.14. The van der Waals surface area contributed by atoms with Crippen LogP contribution in [0.3, 0.4) is 0 Å². The van der Waals surface area contributed by atoms with Gasteiger partial charge in [0.05, 0.1) is 6.42 Å². The number of phenolic OH excluding ortho intramolecular Hbond substituents is 1. The minimum absolute atomic E-state index is 0.241. The third-order valence-corrected chi connectivity index (χ3v) is 2.12. The largest absolute Gasteiger partial charge is 0.508 e. The number of rotatable bonds is 3. The summed E-state index contributed by atoms with van der Waals surface area (Å²) < 4.78 is 5.09. The molecule has 0 radical (unpaired) electrons. The first-order chi connectivity index (χ1) is 7.65. The Morgan fingerprint density at radius 1 is 1.38 bits per heavy atom. The van der Waals surface area contributed by atoms with Gasteiger partial charge in [0.15, 0.2) is 0 Å². The molecule has 1 heterocycles. The lowest BCUT2D eigenvalue weighted by Gasteiger charge is -2.02. The topological polar surface area (TPSA) is 62.4 Å². The maximum Gasteiger partial charge on any atom is 0.265 e. The number of benzene rings is 1. The van der Waals surface area contributed by atoms with Crippen LogP contribution in [-0.2, 0) is 6.42 Å². The van der Waals surface area contributed by atoms with Crippen molar-refractivity contribution in [3.05, 3.63) is 35.7 Å². The minimum Gasteiger partial charge on any atom is -0.508 e. The molecule has 0 aliphatic carbocycles. The van der Waals surface area contributed by atoms with Crippen molar-refractivity contribution in [2.24, 2.45) is 0 Å². The van der Waals surface area contributed by atoms with Crippen molar-refractivity contribution in [1.82, 2.24) is 10.1 Å². The van der Waals surface area contributed by atoms with Gasteiger partial charge < -0.3 is 14.5 Å². The molecular formula is C11H13N3O2. The number of aromatic nitrogens is 2. The molecule has 0 spiro atoms. The molecule has 0 aliphatic rings. The molecule has 0 bridgehead atoms. The first-order valence-corrected chi connectivity index (χ1v) is 4.93. The van der Waals surface area contributed by atoms with Crippen LogP contribution in [0.2, 0.25) is 0 Å². The SMILES string of the molecule is CN(C)c1noc(Cc2cccc(O)c2)n1. The van der Waals surface area contributed by atoms with Crippen molar-refractivity contribution >= 4 is 5.95 Å². The lowest BCUT2D eigenvalue weighted by atomic mass is 10.1. The van der Waals surface area contributed by atoms with E-state index in [1.807, 2.05) is 20.2 Å². The molecule has 0 amide bonds. The zero-order chi connectivity index (χ0) is 11.5. The van der Waals surface area contributed by atoms with Gasteiger partial charge in [-0.15, -0.1) is 0 Å². The molecule has 0 fully saturated rings. The fourth-order valence-electron chi connectivity index (χ4n) is 1.34. The van der Waals surface area contributed by atoms with Gasteiger partial charge in [0.2, 0.25) is 5.89 Å². The summed E-state index contributed by atoms with van der Waals surface area (Å²) in [5.74, 6) is 1.33. The fourth-order valence-corrected chi connectivity index (χ4v) is 1.34. The average molecular weight is 219 g/mol. The van der Waals surface area contributed by atoms with Gasteiger partial charge in [-0.05, 0) is 22.9 Å². The summed E-state index contributed by atoms with van der Waals surface area (Å²) in [7, 11) is 3.70. The summed E-state index contributed by atoms with van der Waals surface area (Å²) in [5.41, 5.74) is 0.939. The molecule has 84 valence electrons. The van der Waals surface area contributed by atoms with E-state index < -0.39 is 0 Å². The van der Waals surface area contributed by atoms with E-state index in [0.29, 0.717) is 18.3 Å². The molecule has 1 N–H and O–H groups in total. The second-order valence-corrected chi connectivity index (χ2v) is 3.73. The van der Waals surface area contributed by atoms with Gasteiger partial charge in [0.25, 0.3) is 5.95 Å². The lowest BCUT2D eigenvalue weighted by molar-refractivity contribution is 0.384. The van der Waals surface area contributed by atoms with Crippen molar-refractivity contribution in [3.63, 3.8) is 0 Å². The Bertz CT molecular complexity index is 480. The summed E-state index contributed by atoms with van der Waals surface area (Å²) in [4.78, 5) is 5.97. The Labute approximate surface area is 93.3 Å². The Hall–Kier alpha value is -2.04. The third-order valence-electron chi connectivity index (χ3n) is 2.12. The molecule has 1 aromatic heterocycles. The molecule has 2 rings (SSSR count). The molecular weight excluding hydrogens is 206 g/mol. The van der Waals surface area contributed by atoms with Gasteiger partial charge in [-0.2, -0.15) is 4.98 Å². The first kappa shape index (κ1) is 10.5. The van der Waals surface area contributed by atoms with Crippen LogP contribution in [0.25, 0.3) is 0 Å². The van der Waals surface area contributed by atoms with E-state index in [1.54, 1.807) is 23.1 Å². The quantitative estimate of drug-likeness (QED) is 0.846. The third kappa shape index (κ3) is 2.31. The Morgan fingerprint density at radius 2 is 2.19 bits per heavy atom. The number of anilines is 1. The van der Waals surface area contributed by atoms with Crippen molar-refractivity contribution < 1.29 is 9.63 Å². The molecule has 2 aromatic rings. The highest BCUT2D eigenvalue weighted by Crippen LogP contribution is 2.15. The van der Waals surface area contributed by atoms with Crippen LogP contribution in [0.4, 0.5) is 5.95 Å². The van der Waals surface area contributed by atoms with E-state index in [9.17, 15) is 5.11 Å². The Morgan fingerprint density at radius 3 is 2.81 bits per heavy atom. The predicted octanol–water partition coefficient (Wildman–Crippen LogP) is 1.43. The van der Waals surface area contributed by atoms with Gasteiger partial charge in [0, 0.05) is 14.1 Å². The molecule has 1 aromatic carbocycles. The maximum atomic E-state index is 9.31. The molecule has 5 heteroatoms. The number of nitrogens with zero attached hydrogens (tertiary/aromatic N) is 3. The minimum atomic E-state index is 0.241. The number of hydrogen-bond donors (Lipinski definition) is 1. The van der Waals surface area contributed by atoms with Crippen LogP contribution in [0.5, 0.6) is 5.75 Å². The van der Waals surface area contributed by atoms with Crippen LogP contribution in [0, 0.1) is 0 Å². The monoisotopic (exact) mass is 219 g/mol. The van der Waals surface area contributed by atoms with Gasteiger partial charge in [-0.3, -0.25) is 0 Å². The molecule has 0 saturated heterocycles. The smallest absolute Gasteiger partial charge is 0.265 e.